The Kier molecular flexibility index (Phi) is 4.04. The first kappa shape index (κ1) is 17.1. The Bertz CT molecular complexity index is 1190. The molecule has 6 heteroatoms. The smallest absolute Gasteiger partial charge is 0.266 e. The summed E-state index contributed by atoms with van der Waals surface area (Å²) in [6.07, 6.45) is 1.93. The summed E-state index contributed by atoms with van der Waals surface area (Å²) in [5.41, 5.74) is 3.35. The quantitative estimate of drug-likeness (QED) is 0.527. The molecule has 0 aliphatic carbocycles. The van der Waals surface area contributed by atoms with Crippen LogP contribution in [0.2, 0.25) is 0 Å². The van der Waals surface area contributed by atoms with Crippen molar-refractivity contribution in [1.29, 1.82) is 0 Å². The Morgan fingerprint density at radius 3 is 2.42 bits per heavy atom. The van der Waals surface area contributed by atoms with Gasteiger partial charge in [-0.15, -0.1) is 16.4 Å². The van der Waals surface area contributed by atoms with Crippen LogP contribution in [0.25, 0.3) is 22.4 Å². The number of rotatable bonds is 2. The molecule has 3 heterocycles. The van der Waals surface area contributed by atoms with E-state index in [9.17, 15) is 4.79 Å². The molecule has 0 amide bonds. The lowest BCUT2D eigenvalue weighted by Crippen LogP contribution is -2.23. The predicted molar refractivity (Wildman–Crippen MR) is 109 cm³/mol. The van der Waals surface area contributed by atoms with Crippen LogP contribution in [0.15, 0.2) is 40.5 Å². The molecular weight excluding hydrogens is 362 g/mol. The van der Waals surface area contributed by atoms with Crippen LogP contribution in [-0.2, 0) is 5.41 Å². The van der Waals surface area contributed by atoms with E-state index in [-0.39, 0.29) is 11.0 Å². The van der Waals surface area contributed by atoms with Crippen LogP contribution in [0.1, 0.15) is 36.8 Å². The molecule has 0 aliphatic rings. The van der Waals surface area contributed by atoms with E-state index >= 15 is 0 Å². The van der Waals surface area contributed by atoms with Crippen molar-refractivity contribution in [1.82, 2.24) is 14.6 Å². The third-order valence-electron chi connectivity index (χ3n) is 4.35. The molecule has 0 N–H and O–H groups in total. The molecule has 1 aromatic carbocycles. The number of thiophene rings is 1. The molecule has 0 fully saturated rings. The second-order valence-corrected chi connectivity index (χ2v) is 9.30. The van der Waals surface area contributed by atoms with Gasteiger partial charge in [-0.25, -0.2) is 0 Å². The number of hydrogen-bond donors (Lipinski definition) is 0. The van der Waals surface area contributed by atoms with Crippen molar-refractivity contribution < 1.29 is 0 Å². The Morgan fingerprint density at radius 1 is 1.12 bits per heavy atom. The van der Waals surface area contributed by atoms with Crippen LogP contribution >= 0.6 is 22.7 Å². The van der Waals surface area contributed by atoms with E-state index in [2.05, 4.69) is 49.1 Å². The van der Waals surface area contributed by atoms with Gasteiger partial charge in [-0.05, 0) is 41.0 Å². The van der Waals surface area contributed by atoms with E-state index in [1.54, 1.807) is 11.3 Å². The number of nitrogens with zero attached hydrogens (tertiary/aromatic N) is 3. The molecule has 4 rings (SSSR count). The van der Waals surface area contributed by atoms with Crippen molar-refractivity contribution in [2.24, 2.45) is 0 Å². The van der Waals surface area contributed by atoms with Gasteiger partial charge in [-0.3, -0.25) is 4.79 Å². The molecule has 4 aromatic rings. The van der Waals surface area contributed by atoms with E-state index in [0.717, 1.165) is 10.4 Å². The largest absolute Gasteiger partial charge is 0.291 e. The highest BCUT2D eigenvalue weighted by molar-refractivity contribution is 7.15. The summed E-state index contributed by atoms with van der Waals surface area (Å²) in [5, 5.41) is 6.46. The predicted octanol–water partition coefficient (Wildman–Crippen LogP) is 4.03. The summed E-state index contributed by atoms with van der Waals surface area (Å²) >= 11 is 3.01. The second kappa shape index (κ2) is 6.14. The van der Waals surface area contributed by atoms with Gasteiger partial charge in [0.2, 0.25) is 4.96 Å². The average Bonchev–Trinajstić information content (AvgIpc) is 3.26. The Labute approximate surface area is 159 Å². The molecule has 0 radical (unpaired) electrons. The molecular formula is C20H19N3OS2. The van der Waals surface area contributed by atoms with Gasteiger partial charge in [-0.2, -0.15) is 9.50 Å². The van der Waals surface area contributed by atoms with Crippen LogP contribution in [0.3, 0.4) is 0 Å². The van der Waals surface area contributed by atoms with Crippen molar-refractivity contribution >= 4 is 33.7 Å². The van der Waals surface area contributed by atoms with Gasteiger partial charge in [0.05, 0.1) is 4.53 Å². The first-order valence-corrected chi connectivity index (χ1v) is 10.1. The van der Waals surface area contributed by atoms with E-state index in [1.807, 2.05) is 30.5 Å². The van der Waals surface area contributed by atoms with E-state index < -0.39 is 0 Å². The summed E-state index contributed by atoms with van der Waals surface area (Å²) in [5.74, 6) is 0.590. The molecule has 26 heavy (non-hydrogen) atoms. The number of aryl methyl sites for hydroxylation is 1. The van der Waals surface area contributed by atoms with Gasteiger partial charge in [-0.1, -0.05) is 56.4 Å². The van der Waals surface area contributed by atoms with E-state index in [0.29, 0.717) is 15.3 Å². The van der Waals surface area contributed by atoms with Crippen LogP contribution in [0, 0.1) is 6.92 Å². The van der Waals surface area contributed by atoms with E-state index in [1.165, 1.54) is 27.0 Å². The highest BCUT2D eigenvalue weighted by atomic mass is 32.1. The first-order valence-electron chi connectivity index (χ1n) is 8.39. The normalized spacial score (nSPS) is 13.0. The zero-order chi connectivity index (χ0) is 18.5. The topological polar surface area (TPSA) is 47.3 Å². The highest BCUT2D eigenvalue weighted by Gasteiger charge is 2.15. The number of fused-ring (bicyclic) bond motifs is 1. The SMILES string of the molecule is Cc1ccsc1C=c1sc2nc(-c3ccc(C(C)(C)C)cc3)nn2c1=O. The lowest BCUT2D eigenvalue weighted by atomic mass is 9.87. The summed E-state index contributed by atoms with van der Waals surface area (Å²) in [6, 6.07) is 10.3. The van der Waals surface area contributed by atoms with E-state index in [4.69, 9.17) is 0 Å². The first-order chi connectivity index (χ1) is 12.3. The molecule has 0 atom stereocenters. The summed E-state index contributed by atoms with van der Waals surface area (Å²) in [6.45, 7) is 8.60. The molecule has 0 unspecified atom stereocenters. The van der Waals surface area contributed by atoms with Crippen LogP contribution < -0.4 is 10.1 Å². The molecule has 132 valence electrons. The van der Waals surface area contributed by atoms with Gasteiger partial charge >= 0.3 is 0 Å². The maximum absolute atomic E-state index is 12.6. The fourth-order valence-electron chi connectivity index (χ4n) is 2.73. The van der Waals surface area contributed by atoms with Gasteiger partial charge in [0, 0.05) is 10.4 Å². The molecule has 0 spiro atoms. The number of thiazole rings is 1. The minimum Gasteiger partial charge on any atom is -0.266 e. The zero-order valence-corrected chi connectivity index (χ0v) is 16.7. The van der Waals surface area contributed by atoms with Crippen molar-refractivity contribution in [2.75, 3.05) is 0 Å². The monoisotopic (exact) mass is 381 g/mol. The second-order valence-electron chi connectivity index (χ2n) is 7.34. The van der Waals surface area contributed by atoms with Crippen LogP contribution in [0.5, 0.6) is 0 Å². The molecule has 0 bridgehead atoms. The molecule has 3 aromatic heterocycles. The van der Waals surface area contributed by atoms with Gasteiger partial charge < -0.3 is 0 Å². The van der Waals surface area contributed by atoms with Crippen LogP contribution in [0.4, 0.5) is 0 Å². The number of benzene rings is 1. The Balaban J connectivity index is 1.75. The molecule has 0 saturated carbocycles. The number of aromatic nitrogens is 3. The summed E-state index contributed by atoms with van der Waals surface area (Å²) < 4.78 is 2.08. The Hall–Kier alpha value is -2.31. The average molecular weight is 382 g/mol. The fourth-order valence-corrected chi connectivity index (χ4v) is 4.55. The number of hydrogen-bond acceptors (Lipinski definition) is 5. The molecule has 0 saturated heterocycles. The molecule has 4 nitrogen and oxygen atoms in total. The third-order valence-corrected chi connectivity index (χ3v) is 6.28. The lowest BCUT2D eigenvalue weighted by molar-refractivity contribution is 0.590. The summed E-state index contributed by atoms with van der Waals surface area (Å²) in [7, 11) is 0. The standard InChI is InChI=1S/C20H19N3OS2/c1-12-9-10-25-15(12)11-16-18(24)23-19(26-16)21-17(22-23)13-5-7-14(8-6-13)20(2,3)4/h5-11H,1-4H3. The maximum atomic E-state index is 12.6. The zero-order valence-electron chi connectivity index (χ0n) is 15.1. The molecule has 0 aliphatic heterocycles. The van der Waals surface area contributed by atoms with Gasteiger partial charge in [0.25, 0.3) is 5.56 Å². The Morgan fingerprint density at radius 2 is 1.85 bits per heavy atom. The van der Waals surface area contributed by atoms with Crippen molar-refractivity contribution in [3.05, 3.63) is 66.6 Å². The van der Waals surface area contributed by atoms with Gasteiger partial charge in [0.1, 0.15) is 0 Å². The van der Waals surface area contributed by atoms with Crippen molar-refractivity contribution in [3.8, 4) is 11.4 Å². The summed E-state index contributed by atoms with van der Waals surface area (Å²) in [4.78, 5) is 18.9. The van der Waals surface area contributed by atoms with Crippen LogP contribution in [-0.4, -0.2) is 14.6 Å². The lowest BCUT2D eigenvalue weighted by Gasteiger charge is -2.18. The van der Waals surface area contributed by atoms with Crippen molar-refractivity contribution in [2.45, 2.75) is 33.1 Å². The van der Waals surface area contributed by atoms with Gasteiger partial charge in [0.15, 0.2) is 5.82 Å². The third kappa shape index (κ3) is 2.99. The fraction of sp³-hybridized carbons (Fsp3) is 0.250. The van der Waals surface area contributed by atoms with Crippen molar-refractivity contribution in [3.63, 3.8) is 0 Å². The minimum absolute atomic E-state index is 0.105. The minimum atomic E-state index is -0.108. The highest BCUT2D eigenvalue weighted by Crippen LogP contribution is 2.25. The maximum Gasteiger partial charge on any atom is 0.291 e.